The number of carbonyl (C=O) groups is 1. The van der Waals surface area contributed by atoms with Gasteiger partial charge in [-0.3, -0.25) is 10.2 Å². The van der Waals surface area contributed by atoms with Gasteiger partial charge in [-0.1, -0.05) is 0 Å². The lowest BCUT2D eigenvalue weighted by Gasteiger charge is -2.32. The van der Waals surface area contributed by atoms with E-state index in [1.807, 2.05) is 5.01 Å². The van der Waals surface area contributed by atoms with Gasteiger partial charge in [0.25, 0.3) is 5.91 Å². The predicted octanol–water partition coefficient (Wildman–Crippen LogP) is -0.120. The molecule has 5 nitrogen and oxygen atoms in total. The quantitative estimate of drug-likeness (QED) is 0.690. The molecule has 0 aromatic rings. The van der Waals surface area contributed by atoms with Crippen molar-refractivity contribution in [1.29, 1.82) is 0 Å². The first-order valence-electron chi connectivity index (χ1n) is 6.15. The molecule has 0 radical (unpaired) electrons. The van der Waals surface area contributed by atoms with Crippen LogP contribution in [-0.2, 0) is 9.53 Å². The number of amides is 1. The molecule has 0 bridgehead atoms. The van der Waals surface area contributed by atoms with Crippen molar-refractivity contribution in [1.82, 2.24) is 15.8 Å². The molecule has 5 heteroatoms. The van der Waals surface area contributed by atoms with Gasteiger partial charge in [-0.25, -0.2) is 5.01 Å². The molecule has 2 N–H and O–H groups in total. The molecule has 2 unspecified atom stereocenters. The van der Waals surface area contributed by atoms with E-state index in [4.69, 9.17) is 4.74 Å². The van der Waals surface area contributed by atoms with Gasteiger partial charge in [-0.15, -0.1) is 0 Å². The molecular weight excluding hydrogens is 206 g/mol. The summed E-state index contributed by atoms with van der Waals surface area (Å²) in [6.07, 6.45) is 3.25. The summed E-state index contributed by atoms with van der Waals surface area (Å²) < 4.78 is 5.24. The van der Waals surface area contributed by atoms with E-state index in [-0.39, 0.29) is 11.9 Å². The van der Waals surface area contributed by atoms with E-state index >= 15 is 0 Å². The average Bonchev–Trinajstić information content (AvgIpc) is 2.30. The molecule has 0 aliphatic carbocycles. The molecule has 2 atom stereocenters. The van der Waals surface area contributed by atoms with Crippen molar-refractivity contribution in [2.75, 3.05) is 26.3 Å². The van der Waals surface area contributed by atoms with Crippen LogP contribution in [0.2, 0.25) is 0 Å². The van der Waals surface area contributed by atoms with Gasteiger partial charge in [0.1, 0.15) is 0 Å². The summed E-state index contributed by atoms with van der Waals surface area (Å²) in [5.74, 6) is 0.105. The molecule has 2 saturated heterocycles. The van der Waals surface area contributed by atoms with E-state index in [1.165, 1.54) is 6.42 Å². The molecule has 0 aromatic heterocycles. The number of hydrazine groups is 1. The third-order valence-electron chi connectivity index (χ3n) is 3.21. The Bertz CT molecular complexity index is 241. The van der Waals surface area contributed by atoms with Crippen LogP contribution in [-0.4, -0.2) is 49.3 Å². The van der Waals surface area contributed by atoms with Crippen molar-refractivity contribution in [2.45, 2.75) is 38.3 Å². The number of morpholine rings is 1. The van der Waals surface area contributed by atoms with Crippen LogP contribution in [0.1, 0.15) is 26.2 Å². The van der Waals surface area contributed by atoms with E-state index < -0.39 is 0 Å². The fourth-order valence-corrected chi connectivity index (χ4v) is 2.25. The summed E-state index contributed by atoms with van der Waals surface area (Å²) in [6.45, 7) is 5.11. The minimum atomic E-state index is -0.0217. The Kier molecular flexibility index (Phi) is 4.15. The molecular formula is C11H21N3O2. The van der Waals surface area contributed by atoms with Gasteiger partial charge in [0.15, 0.2) is 0 Å². The van der Waals surface area contributed by atoms with Crippen molar-refractivity contribution < 1.29 is 9.53 Å². The second kappa shape index (κ2) is 5.61. The van der Waals surface area contributed by atoms with Gasteiger partial charge in [0, 0.05) is 19.1 Å². The Morgan fingerprint density at radius 3 is 2.81 bits per heavy atom. The van der Waals surface area contributed by atoms with E-state index in [0.717, 1.165) is 25.9 Å². The maximum absolute atomic E-state index is 12.0. The Balaban J connectivity index is 1.77. The fourth-order valence-electron chi connectivity index (χ4n) is 2.25. The van der Waals surface area contributed by atoms with Crippen LogP contribution in [0.25, 0.3) is 0 Å². The molecule has 2 fully saturated rings. The minimum absolute atomic E-state index is 0.0217. The third-order valence-corrected chi connectivity index (χ3v) is 3.21. The second-order valence-corrected chi connectivity index (χ2v) is 4.63. The van der Waals surface area contributed by atoms with Crippen molar-refractivity contribution in [3.8, 4) is 0 Å². The van der Waals surface area contributed by atoms with Gasteiger partial charge < -0.3 is 10.1 Å². The number of rotatable bonds is 2. The largest absolute Gasteiger partial charge is 0.379 e. The first kappa shape index (κ1) is 11.8. The highest BCUT2D eigenvalue weighted by molar-refractivity contribution is 5.81. The lowest BCUT2D eigenvalue weighted by molar-refractivity contribution is -0.130. The topological polar surface area (TPSA) is 53.6 Å². The van der Waals surface area contributed by atoms with Crippen molar-refractivity contribution in [3.05, 3.63) is 0 Å². The number of hydrogen-bond acceptors (Lipinski definition) is 4. The minimum Gasteiger partial charge on any atom is -0.379 e. The molecule has 2 aliphatic rings. The van der Waals surface area contributed by atoms with Gasteiger partial charge in [0.05, 0.1) is 19.3 Å². The van der Waals surface area contributed by atoms with Crippen LogP contribution in [0.15, 0.2) is 0 Å². The molecule has 0 aromatic carbocycles. The van der Waals surface area contributed by atoms with Crippen LogP contribution in [0.3, 0.4) is 0 Å². The van der Waals surface area contributed by atoms with E-state index in [9.17, 15) is 4.79 Å². The Hall–Kier alpha value is -0.650. The van der Waals surface area contributed by atoms with Gasteiger partial charge in [-0.05, 0) is 26.2 Å². The maximum Gasteiger partial charge on any atom is 0.251 e. The van der Waals surface area contributed by atoms with Crippen LogP contribution >= 0.6 is 0 Å². The van der Waals surface area contributed by atoms with Gasteiger partial charge in [-0.2, -0.15) is 0 Å². The number of hydrogen-bond donors (Lipinski definition) is 2. The maximum atomic E-state index is 12.0. The predicted molar refractivity (Wildman–Crippen MR) is 60.8 cm³/mol. The Labute approximate surface area is 96.5 Å². The summed E-state index contributed by atoms with van der Waals surface area (Å²) in [4.78, 5) is 12.0. The van der Waals surface area contributed by atoms with Crippen molar-refractivity contribution in [2.24, 2.45) is 0 Å². The van der Waals surface area contributed by atoms with E-state index in [1.54, 1.807) is 0 Å². The molecule has 2 rings (SSSR count). The third kappa shape index (κ3) is 3.17. The normalized spacial score (nSPS) is 32.3. The van der Waals surface area contributed by atoms with E-state index in [0.29, 0.717) is 19.3 Å². The summed E-state index contributed by atoms with van der Waals surface area (Å²) >= 11 is 0. The molecule has 2 heterocycles. The zero-order valence-corrected chi connectivity index (χ0v) is 9.87. The summed E-state index contributed by atoms with van der Waals surface area (Å²) in [6, 6.07) is 0.431. The highest BCUT2D eigenvalue weighted by atomic mass is 16.5. The van der Waals surface area contributed by atoms with Crippen molar-refractivity contribution >= 4 is 5.91 Å². The Morgan fingerprint density at radius 1 is 1.38 bits per heavy atom. The molecule has 16 heavy (non-hydrogen) atoms. The van der Waals surface area contributed by atoms with E-state index in [2.05, 4.69) is 17.7 Å². The first-order valence-corrected chi connectivity index (χ1v) is 6.15. The molecule has 0 spiro atoms. The van der Waals surface area contributed by atoms with Crippen LogP contribution in [0.5, 0.6) is 0 Å². The summed E-state index contributed by atoms with van der Waals surface area (Å²) in [7, 11) is 0. The summed E-state index contributed by atoms with van der Waals surface area (Å²) in [5.41, 5.74) is 2.96. The van der Waals surface area contributed by atoms with Crippen LogP contribution < -0.4 is 10.7 Å². The lowest BCUT2D eigenvalue weighted by atomic mass is 9.99. The number of carbonyl (C=O) groups excluding carboxylic acids is 1. The zero-order valence-electron chi connectivity index (χ0n) is 9.87. The standard InChI is InChI=1S/C11H21N3O2/c1-9-3-2-4-10(12-9)11(15)13-14-5-7-16-8-6-14/h9-10,12H,2-8H2,1H3,(H,13,15). The highest BCUT2D eigenvalue weighted by Gasteiger charge is 2.25. The first-order chi connectivity index (χ1) is 7.75. The number of nitrogens with one attached hydrogen (secondary N) is 2. The van der Waals surface area contributed by atoms with Gasteiger partial charge >= 0.3 is 0 Å². The monoisotopic (exact) mass is 227 g/mol. The molecule has 1 amide bonds. The van der Waals surface area contributed by atoms with Crippen LogP contribution in [0.4, 0.5) is 0 Å². The average molecular weight is 227 g/mol. The zero-order chi connectivity index (χ0) is 11.4. The molecule has 0 saturated carbocycles. The molecule has 2 aliphatic heterocycles. The van der Waals surface area contributed by atoms with Crippen molar-refractivity contribution in [3.63, 3.8) is 0 Å². The fraction of sp³-hybridized carbons (Fsp3) is 0.909. The highest BCUT2D eigenvalue weighted by Crippen LogP contribution is 2.12. The SMILES string of the molecule is CC1CCCC(C(=O)NN2CCOCC2)N1. The number of piperidine rings is 1. The lowest BCUT2D eigenvalue weighted by Crippen LogP contribution is -2.56. The van der Waals surface area contributed by atoms with Crippen LogP contribution in [0, 0.1) is 0 Å². The number of ether oxygens (including phenoxy) is 1. The summed E-state index contributed by atoms with van der Waals surface area (Å²) in [5, 5.41) is 5.29. The van der Waals surface area contributed by atoms with Gasteiger partial charge in [0.2, 0.25) is 0 Å². The second-order valence-electron chi connectivity index (χ2n) is 4.63. The number of nitrogens with zero attached hydrogens (tertiary/aromatic N) is 1. The Morgan fingerprint density at radius 2 is 2.12 bits per heavy atom. The molecule has 92 valence electrons. The smallest absolute Gasteiger partial charge is 0.251 e.